The second-order valence-electron chi connectivity index (χ2n) is 3.31. The quantitative estimate of drug-likeness (QED) is 0.665. The third-order valence-electron chi connectivity index (χ3n) is 2.09. The number of hydrogen-bond acceptors (Lipinski definition) is 2. The van der Waals surface area contributed by atoms with E-state index < -0.39 is 0 Å². The van der Waals surface area contributed by atoms with Crippen molar-refractivity contribution < 1.29 is 9.47 Å². The van der Waals surface area contributed by atoms with Crippen molar-refractivity contribution in [2.75, 3.05) is 13.7 Å². The van der Waals surface area contributed by atoms with Crippen molar-refractivity contribution in [2.45, 2.75) is 19.8 Å². The molecule has 0 N–H and O–H groups in total. The largest absolute Gasteiger partial charge is 0.496 e. The normalized spacial score (nSPS) is 9.73. The predicted molar refractivity (Wildman–Crippen MR) is 62.7 cm³/mol. The van der Waals surface area contributed by atoms with Crippen LogP contribution in [0.25, 0.3) is 0 Å². The lowest BCUT2D eigenvalue weighted by molar-refractivity contribution is 0.316. The Kier molecular flexibility index (Phi) is 4.75. The van der Waals surface area contributed by atoms with Gasteiger partial charge in [-0.2, -0.15) is 0 Å². The molecule has 0 radical (unpaired) electrons. The van der Waals surface area contributed by atoms with E-state index in [4.69, 9.17) is 9.47 Å². The van der Waals surface area contributed by atoms with Crippen LogP contribution < -0.4 is 9.47 Å². The van der Waals surface area contributed by atoms with Gasteiger partial charge in [-0.15, -0.1) is 6.58 Å². The molecular weight excluding hydrogens is 188 g/mol. The maximum absolute atomic E-state index is 5.55. The molecule has 0 heterocycles. The zero-order chi connectivity index (χ0) is 11.1. The average Bonchev–Trinajstić information content (AvgIpc) is 2.27. The first-order valence-electron chi connectivity index (χ1n) is 5.22. The molecule has 1 aromatic carbocycles. The first-order valence-corrected chi connectivity index (χ1v) is 5.22. The first kappa shape index (κ1) is 11.6. The predicted octanol–water partition coefficient (Wildman–Crippen LogP) is 3.21. The van der Waals surface area contributed by atoms with Gasteiger partial charge in [-0.25, -0.2) is 0 Å². The van der Waals surface area contributed by atoms with Crippen molar-refractivity contribution in [1.29, 1.82) is 0 Å². The Morgan fingerprint density at radius 1 is 1.40 bits per heavy atom. The summed E-state index contributed by atoms with van der Waals surface area (Å²) in [4.78, 5) is 0. The number of ether oxygens (including phenoxy) is 2. The van der Waals surface area contributed by atoms with Crippen molar-refractivity contribution >= 4 is 0 Å². The molecule has 2 heteroatoms. The number of allylic oxidation sites excluding steroid dienone is 1. The minimum absolute atomic E-state index is 0.750. The lowest BCUT2D eigenvalue weighted by Crippen LogP contribution is -1.97. The van der Waals surface area contributed by atoms with Gasteiger partial charge in [0.1, 0.15) is 11.5 Å². The van der Waals surface area contributed by atoms with Gasteiger partial charge in [-0.05, 0) is 31.0 Å². The summed E-state index contributed by atoms with van der Waals surface area (Å²) in [7, 11) is 1.68. The molecule has 0 bridgehead atoms. The lowest BCUT2D eigenvalue weighted by Gasteiger charge is -2.10. The van der Waals surface area contributed by atoms with E-state index in [1.165, 1.54) is 0 Å². The van der Waals surface area contributed by atoms with Crippen LogP contribution >= 0.6 is 0 Å². The summed E-state index contributed by atoms with van der Waals surface area (Å²) in [5.41, 5.74) is 1.11. The van der Waals surface area contributed by atoms with Crippen LogP contribution in [0.3, 0.4) is 0 Å². The fourth-order valence-corrected chi connectivity index (χ4v) is 1.38. The Hall–Kier alpha value is -1.44. The smallest absolute Gasteiger partial charge is 0.122 e. The first-order chi connectivity index (χ1) is 7.31. The minimum Gasteiger partial charge on any atom is -0.496 e. The molecule has 2 nitrogen and oxygen atoms in total. The minimum atomic E-state index is 0.750. The average molecular weight is 206 g/mol. The highest BCUT2D eigenvalue weighted by atomic mass is 16.5. The molecule has 1 aromatic rings. The monoisotopic (exact) mass is 206 g/mol. The molecular formula is C13H18O2. The molecule has 82 valence electrons. The Labute approximate surface area is 91.5 Å². The van der Waals surface area contributed by atoms with Gasteiger partial charge in [-0.3, -0.25) is 0 Å². The highest BCUT2D eigenvalue weighted by Gasteiger charge is 2.03. The second-order valence-corrected chi connectivity index (χ2v) is 3.31. The molecule has 0 aliphatic carbocycles. The van der Waals surface area contributed by atoms with E-state index in [1.807, 2.05) is 24.3 Å². The third-order valence-corrected chi connectivity index (χ3v) is 2.09. The molecule has 0 saturated carbocycles. The van der Waals surface area contributed by atoms with Gasteiger partial charge in [0.2, 0.25) is 0 Å². The summed E-state index contributed by atoms with van der Waals surface area (Å²) in [5.74, 6) is 1.79. The molecule has 0 unspecified atom stereocenters. The molecule has 15 heavy (non-hydrogen) atoms. The summed E-state index contributed by atoms with van der Waals surface area (Å²) in [6.07, 6.45) is 3.68. The molecule has 0 atom stereocenters. The van der Waals surface area contributed by atoms with Crippen LogP contribution in [0.5, 0.6) is 11.5 Å². The second kappa shape index (κ2) is 6.12. The number of methoxy groups -OCH3 is 1. The SMILES string of the molecule is C=CCc1cc(OCCC)ccc1OC. The van der Waals surface area contributed by atoms with Gasteiger partial charge in [-0.1, -0.05) is 13.0 Å². The molecule has 0 fully saturated rings. The fraction of sp³-hybridized carbons (Fsp3) is 0.385. The standard InChI is InChI=1S/C13H18O2/c1-4-6-11-10-12(15-9-5-2)7-8-13(11)14-3/h4,7-8,10H,1,5-6,9H2,2-3H3. The van der Waals surface area contributed by atoms with Gasteiger partial charge < -0.3 is 9.47 Å². The summed E-state index contributed by atoms with van der Waals surface area (Å²) in [5, 5.41) is 0. The van der Waals surface area contributed by atoms with Gasteiger partial charge >= 0.3 is 0 Å². The maximum atomic E-state index is 5.55. The van der Waals surface area contributed by atoms with E-state index in [1.54, 1.807) is 7.11 Å². The topological polar surface area (TPSA) is 18.5 Å². The molecule has 1 rings (SSSR count). The summed E-state index contributed by atoms with van der Waals surface area (Å²) in [6.45, 7) is 6.57. The van der Waals surface area contributed by atoms with Gasteiger partial charge in [0, 0.05) is 5.56 Å². The van der Waals surface area contributed by atoms with Crippen molar-refractivity contribution in [3.63, 3.8) is 0 Å². The Morgan fingerprint density at radius 2 is 2.20 bits per heavy atom. The van der Waals surface area contributed by atoms with Crippen LogP contribution in [-0.2, 0) is 6.42 Å². The number of benzene rings is 1. The van der Waals surface area contributed by atoms with Crippen LogP contribution in [0.15, 0.2) is 30.9 Å². The summed E-state index contributed by atoms with van der Waals surface area (Å²) >= 11 is 0. The maximum Gasteiger partial charge on any atom is 0.122 e. The molecule has 0 aliphatic heterocycles. The van der Waals surface area contributed by atoms with Crippen molar-refractivity contribution in [2.24, 2.45) is 0 Å². The summed E-state index contributed by atoms with van der Waals surface area (Å²) < 4.78 is 10.8. The van der Waals surface area contributed by atoms with E-state index in [2.05, 4.69) is 13.5 Å². The van der Waals surface area contributed by atoms with Crippen molar-refractivity contribution in [3.05, 3.63) is 36.4 Å². The fourth-order valence-electron chi connectivity index (χ4n) is 1.38. The van der Waals surface area contributed by atoms with Crippen molar-refractivity contribution in [1.82, 2.24) is 0 Å². The highest BCUT2D eigenvalue weighted by Crippen LogP contribution is 2.24. The summed E-state index contributed by atoms with van der Waals surface area (Å²) in [6, 6.07) is 5.88. The van der Waals surface area contributed by atoms with Gasteiger partial charge in [0.15, 0.2) is 0 Å². The third kappa shape index (κ3) is 3.31. The Morgan fingerprint density at radius 3 is 2.80 bits per heavy atom. The molecule has 0 aliphatic rings. The van der Waals surface area contributed by atoms with E-state index in [9.17, 15) is 0 Å². The van der Waals surface area contributed by atoms with E-state index >= 15 is 0 Å². The zero-order valence-corrected chi connectivity index (χ0v) is 9.45. The van der Waals surface area contributed by atoms with Crippen LogP contribution in [0.1, 0.15) is 18.9 Å². The Balaban J connectivity index is 2.83. The molecule has 0 amide bonds. The number of hydrogen-bond donors (Lipinski definition) is 0. The van der Waals surface area contributed by atoms with Gasteiger partial charge in [0.05, 0.1) is 13.7 Å². The van der Waals surface area contributed by atoms with Crippen LogP contribution in [0.4, 0.5) is 0 Å². The van der Waals surface area contributed by atoms with E-state index in [0.717, 1.165) is 36.5 Å². The zero-order valence-electron chi connectivity index (χ0n) is 9.45. The molecule has 0 saturated heterocycles. The van der Waals surface area contributed by atoms with Crippen LogP contribution in [0.2, 0.25) is 0 Å². The highest BCUT2D eigenvalue weighted by molar-refractivity contribution is 5.41. The number of rotatable bonds is 6. The van der Waals surface area contributed by atoms with Gasteiger partial charge in [0.25, 0.3) is 0 Å². The molecule has 0 aromatic heterocycles. The van der Waals surface area contributed by atoms with Crippen LogP contribution in [-0.4, -0.2) is 13.7 Å². The van der Waals surface area contributed by atoms with Crippen molar-refractivity contribution in [3.8, 4) is 11.5 Å². The van der Waals surface area contributed by atoms with Crippen LogP contribution in [0, 0.1) is 0 Å². The lowest BCUT2D eigenvalue weighted by atomic mass is 10.1. The van der Waals surface area contributed by atoms with E-state index in [0.29, 0.717) is 0 Å². The Bertz CT molecular complexity index is 318. The van der Waals surface area contributed by atoms with E-state index in [-0.39, 0.29) is 0 Å². The molecule has 0 spiro atoms.